The number of hydrogen-bond donors (Lipinski definition) is 0. The van der Waals surface area contributed by atoms with Crippen LogP contribution in [0.3, 0.4) is 0 Å². The monoisotopic (exact) mass is 193 g/mol. The molecule has 0 radical (unpaired) electrons. The summed E-state index contributed by atoms with van der Waals surface area (Å²) in [6.45, 7) is 7.48. The second-order valence-corrected chi connectivity index (χ2v) is 4.04. The summed E-state index contributed by atoms with van der Waals surface area (Å²) in [6, 6.07) is 0.746. The molecule has 1 atom stereocenters. The molecule has 0 aromatic rings. The number of hydrogen-bond acceptors (Lipinski definition) is 1. The van der Waals surface area contributed by atoms with Crippen LogP contribution in [-0.2, 0) is 0 Å². The molecular weight excluding hydrogens is 170 g/mol. The molecule has 0 fully saturated rings. The van der Waals surface area contributed by atoms with E-state index in [1.54, 1.807) is 11.1 Å². The smallest absolute Gasteiger partial charge is 0.0233 e. The largest absolute Gasteiger partial charge is 0.299 e. The van der Waals surface area contributed by atoms with E-state index in [4.69, 9.17) is 0 Å². The van der Waals surface area contributed by atoms with Crippen molar-refractivity contribution >= 4 is 0 Å². The predicted molar refractivity (Wildman–Crippen MR) is 63.5 cm³/mol. The molecule has 0 amide bonds. The average Bonchev–Trinajstić information content (AvgIpc) is 2.23. The summed E-state index contributed by atoms with van der Waals surface area (Å²) in [5.41, 5.74) is 3.30. The van der Waals surface area contributed by atoms with Gasteiger partial charge < -0.3 is 0 Å². The fraction of sp³-hybridized carbons (Fsp3) is 0.692. The molecule has 1 unspecified atom stereocenters. The minimum Gasteiger partial charge on any atom is -0.299 e. The van der Waals surface area contributed by atoms with Crippen LogP contribution in [0.4, 0.5) is 0 Å². The second kappa shape index (κ2) is 5.35. The zero-order valence-electron chi connectivity index (χ0n) is 10.0. The zero-order chi connectivity index (χ0) is 10.6. The molecule has 2 rings (SSSR count). The van der Waals surface area contributed by atoms with E-state index in [2.05, 4.69) is 31.0 Å². The highest BCUT2D eigenvalue weighted by Gasteiger charge is 2.21. The Bertz CT molecular complexity index is 238. The van der Waals surface area contributed by atoms with Crippen molar-refractivity contribution in [1.29, 1.82) is 0 Å². The van der Waals surface area contributed by atoms with Crippen LogP contribution in [0.5, 0.6) is 0 Å². The molecular formula is C13H23N. The van der Waals surface area contributed by atoms with Gasteiger partial charge in [-0.05, 0) is 38.8 Å². The van der Waals surface area contributed by atoms with Crippen LogP contribution in [0.25, 0.3) is 0 Å². The molecule has 0 saturated heterocycles. The Balaban J connectivity index is 0.000000461. The summed E-state index contributed by atoms with van der Waals surface area (Å²) in [5.74, 6) is 0. The molecule has 0 bridgehead atoms. The van der Waals surface area contributed by atoms with Gasteiger partial charge in [0.15, 0.2) is 0 Å². The minimum absolute atomic E-state index is 0.746. The summed E-state index contributed by atoms with van der Waals surface area (Å²) >= 11 is 0. The molecule has 0 spiro atoms. The van der Waals surface area contributed by atoms with E-state index in [1.807, 2.05) is 13.8 Å². The van der Waals surface area contributed by atoms with Gasteiger partial charge in [0.2, 0.25) is 0 Å². The quantitative estimate of drug-likeness (QED) is 0.570. The highest BCUT2D eigenvalue weighted by molar-refractivity contribution is 5.33. The standard InChI is InChI=1S/C11H17N.C2H6/c1-9-7-10-5-3-4-6-11(10)8-12(9)2;1-2/h4,6,9H,3,5,7-8H2,1-2H3;1-2H3. The molecule has 80 valence electrons. The Kier molecular flexibility index (Phi) is 4.40. The van der Waals surface area contributed by atoms with Crippen LogP contribution in [0.2, 0.25) is 0 Å². The van der Waals surface area contributed by atoms with E-state index in [1.165, 1.54) is 19.3 Å². The van der Waals surface area contributed by atoms with Crippen molar-refractivity contribution in [3.63, 3.8) is 0 Å². The van der Waals surface area contributed by atoms with Crippen molar-refractivity contribution in [2.24, 2.45) is 0 Å². The first-order chi connectivity index (χ1) is 6.77. The lowest BCUT2D eigenvalue weighted by molar-refractivity contribution is 0.259. The summed E-state index contributed by atoms with van der Waals surface area (Å²) < 4.78 is 0. The number of nitrogens with zero attached hydrogens (tertiary/aromatic N) is 1. The molecule has 0 aromatic heterocycles. The lowest BCUT2D eigenvalue weighted by Gasteiger charge is -2.34. The van der Waals surface area contributed by atoms with Crippen molar-refractivity contribution in [1.82, 2.24) is 4.90 Å². The van der Waals surface area contributed by atoms with E-state index in [0.29, 0.717) is 0 Å². The molecule has 14 heavy (non-hydrogen) atoms. The second-order valence-electron chi connectivity index (χ2n) is 4.04. The Morgan fingerprint density at radius 2 is 2.07 bits per heavy atom. The van der Waals surface area contributed by atoms with Crippen molar-refractivity contribution in [2.45, 2.75) is 46.1 Å². The summed E-state index contributed by atoms with van der Waals surface area (Å²) in [4.78, 5) is 2.44. The number of likely N-dealkylation sites (N-methyl/N-ethyl adjacent to an activating group) is 1. The third kappa shape index (κ3) is 2.48. The molecule has 1 aliphatic carbocycles. The fourth-order valence-corrected chi connectivity index (χ4v) is 2.10. The number of rotatable bonds is 0. The Labute approximate surface area is 88.5 Å². The van der Waals surface area contributed by atoms with Gasteiger partial charge in [-0.1, -0.05) is 31.6 Å². The van der Waals surface area contributed by atoms with Crippen LogP contribution in [0.15, 0.2) is 23.3 Å². The molecule has 1 nitrogen and oxygen atoms in total. The van der Waals surface area contributed by atoms with Gasteiger partial charge >= 0.3 is 0 Å². The summed E-state index contributed by atoms with van der Waals surface area (Å²) in [5, 5.41) is 0. The minimum atomic E-state index is 0.746. The third-order valence-electron chi connectivity index (χ3n) is 3.10. The normalized spacial score (nSPS) is 26.7. The van der Waals surface area contributed by atoms with Gasteiger partial charge in [-0.15, -0.1) is 0 Å². The maximum Gasteiger partial charge on any atom is 0.0233 e. The Morgan fingerprint density at radius 3 is 2.79 bits per heavy atom. The van der Waals surface area contributed by atoms with E-state index in [9.17, 15) is 0 Å². The number of allylic oxidation sites excluding steroid dienone is 1. The SMILES string of the molecule is CC.CC1CC2=C(C=CCC2)CN1C. The van der Waals surface area contributed by atoms with Crippen molar-refractivity contribution in [2.75, 3.05) is 13.6 Å². The van der Waals surface area contributed by atoms with Gasteiger partial charge in [-0.2, -0.15) is 0 Å². The van der Waals surface area contributed by atoms with Crippen molar-refractivity contribution < 1.29 is 0 Å². The third-order valence-corrected chi connectivity index (χ3v) is 3.10. The summed E-state index contributed by atoms with van der Waals surface area (Å²) in [7, 11) is 2.22. The lowest BCUT2D eigenvalue weighted by Crippen LogP contribution is -2.35. The van der Waals surface area contributed by atoms with E-state index < -0.39 is 0 Å². The maximum atomic E-state index is 2.44. The van der Waals surface area contributed by atoms with E-state index in [0.717, 1.165) is 12.6 Å². The first-order valence-corrected chi connectivity index (χ1v) is 5.85. The Hall–Kier alpha value is -0.560. The first kappa shape index (κ1) is 11.5. The van der Waals surface area contributed by atoms with Crippen LogP contribution < -0.4 is 0 Å². The summed E-state index contributed by atoms with van der Waals surface area (Å²) in [6.07, 6.45) is 8.49. The van der Waals surface area contributed by atoms with Gasteiger partial charge in [0.1, 0.15) is 0 Å². The van der Waals surface area contributed by atoms with Gasteiger partial charge in [0.05, 0.1) is 0 Å². The molecule has 2 aliphatic rings. The van der Waals surface area contributed by atoms with Gasteiger partial charge in [0.25, 0.3) is 0 Å². The lowest BCUT2D eigenvalue weighted by atomic mass is 9.89. The Morgan fingerprint density at radius 1 is 1.36 bits per heavy atom. The fourth-order valence-electron chi connectivity index (χ4n) is 2.10. The molecule has 0 aromatic carbocycles. The van der Waals surface area contributed by atoms with Crippen molar-refractivity contribution in [3.8, 4) is 0 Å². The highest BCUT2D eigenvalue weighted by atomic mass is 15.1. The molecule has 1 heterocycles. The molecule has 0 N–H and O–H groups in total. The van der Waals surface area contributed by atoms with Gasteiger partial charge in [-0.25, -0.2) is 0 Å². The van der Waals surface area contributed by atoms with E-state index in [-0.39, 0.29) is 0 Å². The van der Waals surface area contributed by atoms with Gasteiger partial charge in [0, 0.05) is 12.6 Å². The van der Waals surface area contributed by atoms with Crippen LogP contribution in [-0.4, -0.2) is 24.5 Å². The van der Waals surface area contributed by atoms with Crippen LogP contribution in [0.1, 0.15) is 40.0 Å². The molecule has 0 saturated carbocycles. The van der Waals surface area contributed by atoms with Crippen LogP contribution in [0, 0.1) is 0 Å². The van der Waals surface area contributed by atoms with Gasteiger partial charge in [-0.3, -0.25) is 4.90 Å². The average molecular weight is 193 g/mol. The molecule has 1 heteroatoms. The van der Waals surface area contributed by atoms with E-state index >= 15 is 0 Å². The molecule has 1 aliphatic heterocycles. The van der Waals surface area contributed by atoms with Crippen molar-refractivity contribution in [3.05, 3.63) is 23.3 Å². The zero-order valence-corrected chi connectivity index (χ0v) is 10.0. The first-order valence-electron chi connectivity index (χ1n) is 5.85. The van der Waals surface area contributed by atoms with Crippen LogP contribution >= 0.6 is 0 Å². The highest BCUT2D eigenvalue weighted by Crippen LogP contribution is 2.29. The maximum absolute atomic E-state index is 2.44. The predicted octanol–water partition coefficient (Wildman–Crippen LogP) is 3.38. The topological polar surface area (TPSA) is 3.24 Å².